The van der Waals surface area contributed by atoms with Crippen LogP contribution in [0.25, 0.3) is 22.2 Å². The zero-order chi connectivity index (χ0) is 24.9. The van der Waals surface area contributed by atoms with Gasteiger partial charge in [-0.15, -0.1) is 0 Å². The van der Waals surface area contributed by atoms with Crippen molar-refractivity contribution in [3.63, 3.8) is 0 Å². The Balaban J connectivity index is 1.78. The van der Waals surface area contributed by atoms with Crippen molar-refractivity contribution in [3.8, 4) is 17.0 Å². The Labute approximate surface area is 198 Å². The Morgan fingerprint density at radius 3 is 2.63 bits per heavy atom. The minimum absolute atomic E-state index is 0.144. The van der Waals surface area contributed by atoms with E-state index in [0.29, 0.717) is 34.3 Å². The molecule has 35 heavy (non-hydrogen) atoms. The number of halogens is 3. The minimum atomic E-state index is -2.98. The predicted molar refractivity (Wildman–Crippen MR) is 127 cm³/mol. The van der Waals surface area contributed by atoms with E-state index in [0.717, 1.165) is 0 Å². The number of alkyl halides is 2. The highest BCUT2D eigenvalue weighted by atomic mass is 19.3. The van der Waals surface area contributed by atoms with Gasteiger partial charge in [0.05, 0.1) is 23.3 Å². The first-order valence-electron chi connectivity index (χ1n) is 10.5. The summed E-state index contributed by atoms with van der Waals surface area (Å²) < 4.78 is 45.1. The SMILES string of the molecule is CCC(C(C=Nc1ccccc1F)=NN)n1cc(-c2ccc(OC(F)F)nc2)c2c(N)ncnc21. The summed E-state index contributed by atoms with van der Waals surface area (Å²) in [6, 6.07) is 8.55. The van der Waals surface area contributed by atoms with Gasteiger partial charge in [0.2, 0.25) is 5.88 Å². The second-order valence-corrected chi connectivity index (χ2v) is 7.36. The molecule has 0 aliphatic heterocycles. The van der Waals surface area contributed by atoms with Crippen LogP contribution in [0.4, 0.5) is 24.7 Å². The van der Waals surface area contributed by atoms with Gasteiger partial charge in [-0.1, -0.05) is 19.1 Å². The fourth-order valence-corrected chi connectivity index (χ4v) is 3.71. The summed E-state index contributed by atoms with van der Waals surface area (Å²) >= 11 is 0. The molecular weight excluding hydrogens is 461 g/mol. The van der Waals surface area contributed by atoms with E-state index >= 15 is 0 Å². The van der Waals surface area contributed by atoms with E-state index in [1.165, 1.54) is 36.9 Å². The second kappa shape index (κ2) is 10.2. The first-order valence-corrected chi connectivity index (χ1v) is 10.5. The first kappa shape index (κ1) is 23.7. The number of aliphatic imine (C=N–C) groups is 1. The summed E-state index contributed by atoms with van der Waals surface area (Å²) in [6.07, 6.45) is 6.43. The van der Waals surface area contributed by atoms with E-state index in [-0.39, 0.29) is 17.4 Å². The Bertz CT molecular complexity index is 1390. The highest BCUT2D eigenvalue weighted by Crippen LogP contribution is 2.35. The molecule has 0 fully saturated rings. The van der Waals surface area contributed by atoms with Crippen molar-refractivity contribution < 1.29 is 17.9 Å². The average molecular weight is 482 g/mol. The van der Waals surface area contributed by atoms with Crippen LogP contribution in [0.3, 0.4) is 0 Å². The number of pyridine rings is 1. The molecule has 9 nitrogen and oxygen atoms in total. The van der Waals surface area contributed by atoms with Crippen LogP contribution >= 0.6 is 0 Å². The van der Waals surface area contributed by atoms with Gasteiger partial charge in [-0.3, -0.25) is 4.99 Å². The molecule has 0 saturated carbocycles. The second-order valence-electron chi connectivity index (χ2n) is 7.36. The van der Waals surface area contributed by atoms with Crippen molar-refractivity contribution >= 4 is 34.5 Å². The van der Waals surface area contributed by atoms with Gasteiger partial charge in [0.1, 0.15) is 29.3 Å². The number of nitrogen functional groups attached to an aromatic ring is 1. The number of ether oxygens (including phenoxy) is 1. The summed E-state index contributed by atoms with van der Waals surface area (Å²) in [5.74, 6) is 5.21. The third-order valence-corrected chi connectivity index (χ3v) is 5.30. The van der Waals surface area contributed by atoms with Gasteiger partial charge < -0.3 is 20.9 Å². The lowest BCUT2D eigenvalue weighted by Crippen LogP contribution is -2.21. The van der Waals surface area contributed by atoms with Crippen molar-refractivity contribution in [2.75, 3.05) is 5.73 Å². The number of nitrogens with two attached hydrogens (primary N) is 2. The van der Waals surface area contributed by atoms with E-state index < -0.39 is 18.5 Å². The van der Waals surface area contributed by atoms with Gasteiger partial charge in [-0.2, -0.15) is 13.9 Å². The van der Waals surface area contributed by atoms with Crippen LogP contribution in [0, 0.1) is 5.82 Å². The molecule has 4 aromatic rings. The van der Waals surface area contributed by atoms with E-state index in [1.807, 2.05) is 11.5 Å². The molecule has 12 heteroatoms. The van der Waals surface area contributed by atoms with Crippen LogP contribution in [-0.4, -0.2) is 38.1 Å². The minimum Gasteiger partial charge on any atom is -0.417 e. The van der Waals surface area contributed by atoms with E-state index in [2.05, 4.69) is 29.8 Å². The maximum atomic E-state index is 14.0. The molecule has 0 aliphatic carbocycles. The molecule has 1 atom stereocenters. The Hall–Kier alpha value is -4.48. The quantitative estimate of drug-likeness (QED) is 0.216. The topological polar surface area (TPSA) is 130 Å². The normalized spacial score (nSPS) is 13.1. The zero-order valence-electron chi connectivity index (χ0n) is 18.5. The van der Waals surface area contributed by atoms with Crippen LogP contribution in [0.2, 0.25) is 0 Å². The van der Waals surface area contributed by atoms with Crippen LogP contribution in [-0.2, 0) is 0 Å². The van der Waals surface area contributed by atoms with Crippen molar-refractivity contribution in [1.82, 2.24) is 19.5 Å². The number of hydrogen-bond acceptors (Lipinski definition) is 8. The number of anilines is 1. The van der Waals surface area contributed by atoms with Crippen LogP contribution in [0.15, 0.2) is 65.2 Å². The van der Waals surface area contributed by atoms with E-state index in [9.17, 15) is 13.2 Å². The average Bonchev–Trinajstić information content (AvgIpc) is 3.23. The van der Waals surface area contributed by atoms with Crippen molar-refractivity contribution in [1.29, 1.82) is 0 Å². The number of fused-ring (bicyclic) bond motifs is 1. The molecule has 0 aliphatic rings. The summed E-state index contributed by atoms with van der Waals surface area (Å²) in [5, 5.41) is 4.42. The molecule has 180 valence electrons. The number of hydrazone groups is 1. The van der Waals surface area contributed by atoms with Crippen molar-refractivity contribution in [2.45, 2.75) is 26.0 Å². The summed E-state index contributed by atoms with van der Waals surface area (Å²) in [5.41, 5.74) is 8.38. The smallest absolute Gasteiger partial charge is 0.388 e. The van der Waals surface area contributed by atoms with Crippen molar-refractivity contribution in [3.05, 3.63) is 60.9 Å². The monoisotopic (exact) mass is 482 g/mol. The predicted octanol–water partition coefficient (Wildman–Crippen LogP) is 4.48. The molecule has 1 unspecified atom stereocenters. The lowest BCUT2D eigenvalue weighted by Gasteiger charge is -2.17. The molecule has 3 heterocycles. The van der Waals surface area contributed by atoms with Gasteiger partial charge in [0.15, 0.2) is 0 Å². The lowest BCUT2D eigenvalue weighted by atomic mass is 10.1. The number of rotatable bonds is 8. The number of benzene rings is 1. The highest BCUT2D eigenvalue weighted by Gasteiger charge is 2.23. The maximum absolute atomic E-state index is 14.0. The molecule has 3 aromatic heterocycles. The number of para-hydroxylation sites is 1. The van der Waals surface area contributed by atoms with Gasteiger partial charge in [0, 0.05) is 29.6 Å². The molecule has 0 bridgehead atoms. The molecule has 1 aromatic carbocycles. The maximum Gasteiger partial charge on any atom is 0.388 e. The lowest BCUT2D eigenvalue weighted by molar-refractivity contribution is -0.0528. The Morgan fingerprint density at radius 1 is 1.17 bits per heavy atom. The highest BCUT2D eigenvalue weighted by molar-refractivity contribution is 6.32. The fourth-order valence-electron chi connectivity index (χ4n) is 3.71. The first-order chi connectivity index (χ1) is 16.9. The van der Waals surface area contributed by atoms with Crippen LogP contribution < -0.4 is 16.3 Å². The number of hydrogen-bond donors (Lipinski definition) is 2. The third-order valence-electron chi connectivity index (χ3n) is 5.30. The molecule has 4 rings (SSSR count). The molecule has 0 amide bonds. The molecule has 4 N–H and O–H groups in total. The molecule has 0 radical (unpaired) electrons. The fraction of sp³-hybridized carbons (Fsp3) is 0.174. The van der Waals surface area contributed by atoms with E-state index in [4.69, 9.17) is 11.6 Å². The summed E-state index contributed by atoms with van der Waals surface area (Å²) in [4.78, 5) is 16.6. The van der Waals surface area contributed by atoms with Crippen LogP contribution in [0.5, 0.6) is 5.88 Å². The third kappa shape index (κ3) is 4.90. The number of nitrogens with zero attached hydrogens (tertiary/aromatic N) is 6. The zero-order valence-corrected chi connectivity index (χ0v) is 18.5. The Kier molecular flexibility index (Phi) is 6.90. The molecular formula is C23H21F3N8O. The van der Waals surface area contributed by atoms with E-state index in [1.54, 1.807) is 24.4 Å². The van der Waals surface area contributed by atoms with Gasteiger partial charge in [-0.25, -0.2) is 19.3 Å². The number of aromatic nitrogens is 4. The largest absolute Gasteiger partial charge is 0.417 e. The molecule has 0 saturated heterocycles. The Morgan fingerprint density at radius 2 is 1.97 bits per heavy atom. The van der Waals surface area contributed by atoms with Gasteiger partial charge in [0.25, 0.3) is 0 Å². The van der Waals surface area contributed by atoms with Gasteiger partial charge in [-0.05, 0) is 24.6 Å². The summed E-state index contributed by atoms with van der Waals surface area (Å²) in [6.45, 7) is -1.06. The van der Waals surface area contributed by atoms with Crippen molar-refractivity contribution in [2.24, 2.45) is 15.9 Å². The van der Waals surface area contributed by atoms with Gasteiger partial charge >= 0.3 is 6.61 Å². The summed E-state index contributed by atoms with van der Waals surface area (Å²) in [7, 11) is 0. The molecule has 0 spiro atoms. The van der Waals surface area contributed by atoms with Crippen LogP contribution in [0.1, 0.15) is 19.4 Å². The standard InChI is InChI=1S/C23H21F3N8O/c1-2-18(17(33-28)10-29-16-6-4-3-5-15(16)24)34-11-14(20-21(27)31-12-32-22(20)34)13-7-8-19(30-9-13)35-23(25)26/h3-12,18,23H,2,28H2,1H3,(H2,27,31,32).